The molecule has 0 fully saturated rings. The van der Waals surface area contributed by atoms with Gasteiger partial charge in [-0.2, -0.15) is 10.2 Å². The Morgan fingerprint density at radius 2 is 2.16 bits per heavy atom. The van der Waals surface area contributed by atoms with E-state index in [-0.39, 0.29) is 11.9 Å². The molecule has 100 valence electrons. The largest absolute Gasteiger partial charge is 0.341 e. The highest BCUT2D eigenvalue weighted by Gasteiger charge is 2.24. The van der Waals surface area contributed by atoms with E-state index in [1.807, 2.05) is 0 Å². The molecule has 1 amide bonds. The summed E-state index contributed by atoms with van der Waals surface area (Å²) < 4.78 is 0. The molecule has 0 aliphatic heterocycles. The molecule has 0 bridgehead atoms. The van der Waals surface area contributed by atoms with Gasteiger partial charge in [0.25, 0.3) is 5.91 Å². The fourth-order valence-electron chi connectivity index (χ4n) is 2.33. The number of hydrogen-bond donors (Lipinski definition) is 4. The Hall–Kier alpha value is -2.38. The molecule has 0 radical (unpaired) electrons. The smallest absolute Gasteiger partial charge is 0.340 e. The summed E-state index contributed by atoms with van der Waals surface area (Å²) in [6.07, 6.45) is 2.87. The van der Waals surface area contributed by atoms with Gasteiger partial charge in [-0.25, -0.2) is 9.89 Å². The molecule has 3 rings (SSSR count). The van der Waals surface area contributed by atoms with Gasteiger partial charge in [0.15, 0.2) is 11.5 Å². The highest BCUT2D eigenvalue weighted by atomic mass is 16.2. The standard InChI is InChI=1S/C11H14N6O2/c1-5(9-13-11(19)17-16-9)12-10(18)8-6-3-2-4-7(6)14-15-8/h5H,2-4H2,1H3,(H,12,18)(H,14,15)(H2,13,16,17,19)/t5-/m1/s1. The molecule has 0 saturated carbocycles. The van der Waals surface area contributed by atoms with E-state index in [0.717, 1.165) is 30.5 Å². The van der Waals surface area contributed by atoms with E-state index in [9.17, 15) is 9.59 Å². The fourth-order valence-corrected chi connectivity index (χ4v) is 2.33. The number of carbonyl (C=O) groups is 1. The van der Waals surface area contributed by atoms with Crippen molar-refractivity contribution in [2.75, 3.05) is 0 Å². The number of nitrogens with one attached hydrogen (secondary N) is 4. The molecule has 0 unspecified atom stereocenters. The number of hydrogen-bond acceptors (Lipinski definition) is 4. The van der Waals surface area contributed by atoms with Crippen LogP contribution in [0.5, 0.6) is 0 Å². The van der Waals surface area contributed by atoms with E-state index in [0.29, 0.717) is 11.5 Å². The molecular formula is C11H14N6O2. The molecule has 1 aliphatic carbocycles. The zero-order chi connectivity index (χ0) is 13.4. The van der Waals surface area contributed by atoms with E-state index in [4.69, 9.17) is 0 Å². The zero-order valence-corrected chi connectivity index (χ0v) is 10.4. The average molecular weight is 262 g/mol. The van der Waals surface area contributed by atoms with Crippen LogP contribution in [0.25, 0.3) is 0 Å². The molecule has 2 heterocycles. The van der Waals surface area contributed by atoms with Crippen LogP contribution in [0.3, 0.4) is 0 Å². The summed E-state index contributed by atoms with van der Waals surface area (Å²) in [7, 11) is 0. The van der Waals surface area contributed by atoms with Crippen LogP contribution in [-0.2, 0) is 12.8 Å². The molecule has 1 atom stereocenters. The molecular weight excluding hydrogens is 248 g/mol. The third kappa shape index (κ3) is 2.05. The molecule has 19 heavy (non-hydrogen) atoms. The second kappa shape index (κ2) is 4.38. The number of fused-ring (bicyclic) bond motifs is 1. The van der Waals surface area contributed by atoms with E-state index < -0.39 is 5.69 Å². The first-order chi connectivity index (χ1) is 9.15. The number of nitrogens with zero attached hydrogens (tertiary/aromatic N) is 2. The molecule has 8 heteroatoms. The monoisotopic (exact) mass is 262 g/mol. The van der Waals surface area contributed by atoms with Crippen molar-refractivity contribution in [1.82, 2.24) is 30.7 Å². The van der Waals surface area contributed by atoms with Gasteiger partial charge >= 0.3 is 5.69 Å². The van der Waals surface area contributed by atoms with Crippen LogP contribution in [0, 0.1) is 0 Å². The summed E-state index contributed by atoms with van der Waals surface area (Å²) in [5.74, 6) is 0.140. The van der Waals surface area contributed by atoms with Crippen LogP contribution in [0.2, 0.25) is 0 Å². The fraction of sp³-hybridized carbons (Fsp3) is 0.455. The summed E-state index contributed by atoms with van der Waals surface area (Å²) in [5, 5.41) is 15.8. The Labute approximate surface area is 108 Å². The van der Waals surface area contributed by atoms with Gasteiger partial charge in [0.2, 0.25) is 0 Å². The lowest BCUT2D eigenvalue weighted by atomic mass is 10.2. The van der Waals surface area contributed by atoms with Crippen molar-refractivity contribution in [2.45, 2.75) is 32.2 Å². The zero-order valence-electron chi connectivity index (χ0n) is 10.4. The summed E-state index contributed by atoms with van der Waals surface area (Å²) in [6, 6.07) is -0.389. The van der Waals surface area contributed by atoms with Crippen molar-refractivity contribution in [3.8, 4) is 0 Å². The van der Waals surface area contributed by atoms with Crippen LogP contribution in [-0.4, -0.2) is 31.3 Å². The summed E-state index contributed by atoms with van der Waals surface area (Å²) in [4.78, 5) is 25.6. The van der Waals surface area contributed by atoms with Gasteiger partial charge in [-0.05, 0) is 26.2 Å². The predicted octanol–water partition coefficient (Wildman–Crippen LogP) is -0.199. The molecule has 8 nitrogen and oxygen atoms in total. The highest BCUT2D eigenvalue weighted by molar-refractivity contribution is 5.94. The van der Waals surface area contributed by atoms with Crippen LogP contribution in [0.15, 0.2) is 4.79 Å². The van der Waals surface area contributed by atoms with Crippen molar-refractivity contribution in [2.24, 2.45) is 0 Å². The maximum Gasteiger partial charge on any atom is 0.340 e. The van der Waals surface area contributed by atoms with Crippen molar-refractivity contribution >= 4 is 5.91 Å². The normalized spacial score (nSPS) is 15.2. The Morgan fingerprint density at radius 3 is 2.89 bits per heavy atom. The third-order valence-corrected chi connectivity index (χ3v) is 3.30. The molecule has 1 aliphatic rings. The number of aromatic nitrogens is 5. The van der Waals surface area contributed by atoms with Gasteiger partial charge in [0.1, 0.15) is 0 Å². The van der Waals surface area contributed by atoms with Crippen molar-refractivity contribution in [3.05, 3.63) is 33.3 Å². The Balaban J connectivity index is 1.76. The minimum Gasteiger partial charge on any atom is -0.341 e. The second-order valence-electron chi connectivity index (χ2n) is 4.64. The van der Waals surface area contributed by atoms with Gasteiger partial charge in [0, 0.05) is 11.3 Å². The number of rotatable bonds is 3. The third-order valence-electron chi connectivity index (χ3n) is 3.30. The van der Waals surface area contributed by atoms with Crippen LogP contribution in [0.4, 0.5) is 0 Å². The molecule has 2 aromatic rings. The second-order valence-corrected chi connectivity index (χ2v) is 4.64. The molecule has 2 aromatic heterocycles. The molecule has 0 saturated heterocycles. The lowest BCUT2D eigenvalue weighted by Gasteiger charge is -2.09. The predicted molar refractivity (Wildman–Crippen MR) is 65.7 cm³/mol. The maximum absolute atomic E-state index is 12.1. The summed E-state index contributed by atoms with van der Waals surface area (Å²) in [6.45, 7) is 1.75. The van der Waals surface area contributed by atoms with Gasteiger partial charge in [0.05, 0.1) is 6.04 Å². The number of carbonyl (C=O) groups excluding carboxylic acids is 1. The number of amides is 1. The number of aryl methyl sites for hydroxylation is 1. The van der Waals surface area contributed by atoms with Gasteiger partial charge in [-0.3, -0.25) is 14.9 Å². The first-order valence-electron chi connectivity index (χ1n) is 6.16. The average Bonchev–Trinajstić information content (AvgIpc) is 3.02. The minimum absolute atomic E-state index is 0.254. The Kier molecular flexibility index (Phi) is 2.69. The molecule has 4 N–H and O–H groups in total. The van der Waals surface area contributed by atoms with Gasteiger partial charge in [-0.15, -0.1) is 0 Å². The van der Waals surface area contributed by atoms with E-state index in [1.54, 1.807) is 6.92 Å². The first kappa shape index (κ1) is 11.7. The van der Waals surface area contributed by atoms with Crippen molar-refractivity contribution in [3.63, 3.8) is 0 Å². The maximum atomic E-state index is 12.1. The minimum atomic E-state index is -0.392. The van der Waals surface area contributed by atoms with Crippen LogP contribution >= 0.6 is 0 Å². The number of aromatic amines is 3. The number of H-pyrrole nitrogens is 3. The molecule has 0 aromatic carbocycles. The van der Waals surface area contributed by atoms with Crippen molar-refractivity contribution < 1.29 is 4.79 Å². The Morgan fingerprint density at radius 1 is 1.32 bits per heavy atom. The Bertz CT molecular complexity index is 667. The van der Waals surface area contributed by atoms with E-state index in [1.165, 1.54) is 0 Å². The quantitative estimate of drug-likeness (QED) is 0.612. The van der Waals surface area contributed by atoms with Gasteiger partial charge in [-0.1, -0.05) is 0 Å². The van der Waals surface area contributed by atoms with Crippen LogP contribution in [0.1, 0.15) is 47.0 Å². The lowest BCUT2D eigenvalue weighted by Crippen LogP contribution is -2.28. The van der Waals surface area contributed by atoms with Gasteiger partial charge < -0.3 is 5.32 Å². The summed E-state index contributed by atoms with van der Waals surface area (Å²) in [5.41, 5.74) is 2.10. The lowest BCUT2D eigenvalue weighted by molar-refractivity contribution is 0.0932. The molecule has 0 spiro atoms. The van der Waals surface area contributed by atoms with E-state index in [2.05, 4.69) is 30.7 Å². The topological polar surface area (TPSA) is 119 Å². The van der Waals surface area contributed by atoms with E-state index >= 15 is 0 Å². The van der Waals surface area contributed by atoms with Crippen LogP contribution < -0.4 is 11.0 Å². The highest BCUT2D eigenvalue weighted by Crippen LogP contribution is 2.22. The first-order valence-corrected chi connectivity index (χ1v) is 6.16. The summed E-state index contributed by atoms with van der Waals surface area (Å²) >= 11 is 0. The SMILES string of the molecule is C[C@@H](NC(=O)c1n[nH]c2c1CCC2)c1n[nH]c(=O)[nH]1. The van der Waals surface area contributed by atoms with Crippen molar-refractivity contribution in [1.29, 1.82) is 0 Å².